The summed E-state index contributed by atoms with van der Waals surface area (Å²) in [6.07, 6.45) is 2.37. The van der Waals surface area contributed by atoms with Gasteiger partial charge in [0, 0.05) is 0 Å². The first-order valence-corrected chi connectivity index (χ1v) is 10.4. The SMILES string of the molecule is O=C(S)NC[C@H]1CN(c2ccc(C3CCN(Cc4ccco4)CC3)c(F)c2)C(=O)O1. The Kier molecular flexibility index (Phi) is 6.29. The molecule has 1 aromatic carbocycles. The number of benzene rings is 1. The number of furan rings is 1. The van der Waals surface area contributed by atoms with E-state index in [-0.39, 0.29) is 24.8 Å². The smallest absolute Gasteiger partial charge is 0.414 e. The van der Waals surface area contributed by atoms with Crippen LogP contribution in [-0.2, 0) is 11.3 Å². The van der Waals surface area contributed by atoms with E-state index in [4.69, 9.17) is 9.15 Å². The van der Waals surface area contributed by atoms with Gasteiger partial charge in [-0.2, -0.15) is 0 Å². The average Bonchev–Trinajstić information content (AvgIpc) is 3.36. The second-order valence-corrected chi connectivity index (χ2v) is 8.04. The summed E-state index contributed by atoms with van der Waals surface area (Å²) < 4.78 is 25.5. The van der Waals surface area contributed by atoms with Gasteiger partial charge in [-0.15, -0.1) is 0 Å². The summed E-state index contributed by atoms with van der Waals surface area (Å²) in [7, 11) is 0. The first-order chi connectivity index (χ1) is 14.5. The Bertz CT molecular complexity index is 900. The van der Waals surface area contributed by atoms with Gasteiger partial charge in [-0.25, -0.2) is 9.18 Å². The summed E-state index contributed by atoms with van der Waals surface area (Å²) in [6, 6.07) is 8.77. The summed E-state index contributed by atoms with van der Waals surface area (Å²) in [5.74, 6) is 0.779. The van der Waals surface area contributed by atoms with Crippen LogP contribution in [-0.4, -0.2) is 48.5 Å². The zero-order chi connectivity index (χ0) is 21.1. The molecule has 2 aliphatic rings. The van der Waals surface area contributed by atoms with Crippen LogP contribution in [0, 0.1) is 5.82 Å². The van der Waals surface area contributed by atoms with Crippen molar-refractivity contribution >= 4 is 29.6 Å². The van der Waals surface area contributed by atoms with Crippen molar-refractivity contribution in [2.24, 2.45) is 0 Å². The molecule has 0 radical (unpaired) electrons. The highest BCUT2D eigenvalue weighted by Gasteiger charge is 2.33. The predicted molar refractivity (Wildman–Crippen MR) is 112 cm³/mol. The lowest BCUT2D eigenvalue weighted by Gasteiger charge is -2.31. The minimum absolute atomic E-state index is 0.149. The fraction of sp³-hybridized carbons (Fsp3) is 0.429. The number of halogens is 1. The molecule has 0 spiro atoms. The van der Waals surface area contributed by atoms with Gasteiger partial charge in [-0.05, 0) is 61.7 Å². The third kappa shape index (κ3) is 4.79. The van der Waals surface area contributed by atoms with E-state index >= 15 is 0 Å². The summed E-state index contributed by atoms with van der Waals surface area (Å²) in [4.78, 5) is 26.7. The number of thiol groups is 1. The molecule has 0 bridgehead atoms. The maximum absolute atomic E-state index is 14.9. The molecular formula is C21H24FN3O4S. The maximum atomic E-state index is 14.9. The largest absolute Gasteiger partial charge is 0.468 e. The number of amides is 2. The van der Waals surface area contributed by atoms with E-state index in [2.05, 4.69) is 22.8 Å². The highest BCUT2D eigenvalue weighted by atomic mass is 32.1. The Hall–Kier alpha value is -2.52. The average molecular weight is 434 g/mol. The molecule has 2 amide bonds. The Morgan fingerprint density at radius 1 is 1.27 bits per heavy atom. The number of nitrogens with one attached hydrogen (secondary N) is 1. The Morgan fingerprint density at radius 3 is 2.73 bits per heavy atom. The van der Waals surface area contributed by atoms with E-state index in [1.807, 2.05) is 12.1 Å². The second kappa shape index (κ2) is 9.09. The van der Waals surface area contributed by atoms with Crippen LogP contribution in [0.1, 0.15) is 30.1 Å². The van der Waals surface area contributed by atoms with Gasteiger partial charge >= 0.3 is 6.09 Å². The standard InChI is InChI=1S/C21H24FN3O4S/c22-19-10-15(25-13-17(29-21(25)27)11-23-20(26)30)3-4-18(19)14-5-7-24(8-6-14)12-16-2-1-9-28-16/h1-4,9-10,14,17H,5-8,11-13H2,(H2,23,26,30)/t17-/m0/s1. The molecule has 2 saturated heterocycles. The number of ether oxygens (including phenoxy) is 1. The van der Waals surface area contributed by atoms with Crippen molar-refractivity contribution in [2.45, 2.75) is 31.4 Å². The molecule has 2 fully saturated rings. The first-order valence-electron chi connectivity index (χ1n) is 9.98. The molecule has 3 heterocycles. The van der Waals surface area contributed by atoms with E-state index < -0.39 is 17.4 Å². The number of carbonyl (C=O) groups is 2. The lowest BCUT2D eigenvalue weighted by atomic mass is 9.89. The molecule has 0 aliphatic carbocycles. The summed E-state index contributed by atoms with van der Waals surface area (Å²) in [5, 5.41) is 2.01. The predicted octanol–water partition coefficient (Wildman–Crippen LogP) is 3.76. The molecular weight excluding hydrogens is 409 g/mol. The quantitative estimate of drug-likeness (QED) is 0.679. The van der Waals surface area contributed by atoms with Gasteiger partial charge in [0.15, 0.2) is 0 Å². The first kappa shape index (κ1) is 20.7. The highest BCUT2D eigenvalue weighted by Crippen LogP contribution is 2.33. The van der Waals surface area contributed by atoms with Crippen LogP contribution in [0.25, 0.3) is 0 Å². The maximum Gasteiger partial charge on any atom is 0.414 e. The van der Waals surface area contributed by atoms with Crippen molar-refractivity contribution in [3.63, 3.8) is 0 Å². The molecule has 1 N–H and O–H groups in total. The number of cyclic esters (lactones) is 1. The van der Waals surface area contributed by atoms with Crippen LogP contribution in [0.2, 0.25) is 0 Å². The van der Waals surface area contributed by atoms with Crippen molar-refractivity contribution in [2.75, 3.05) is 31.1 Å². The molecule has 9 heteroatoms. The van der Waals surface area contributed by atoms with Crippen molar-refractivity contribution in [3.8, 4) is 0 Å². The van der Waals surface area contributed by atoms with Gasteiger partial charge in [-0.1, -0.05) is 18.7 Å². The fourth-order valence-electron chi connectivity index (χ4n) is 4.08. The molecule has 0 unspecified atom stereocenters. The highest BCUT2D eigenvalue weighted by molar-refractivity contribution is 7.96. The Labute approximate surface area is 179 Å². The van der Waals surface area contributed by atoms with E-state index in [9.17, 15) is 14.0 Å². The van der Waals surface area contributed by atoms with Crippen LogP contribution >= 0.6 is 12.6 Å². The van der Waals surface area contributed by atoms with Crippen LogP contribution in [0.4, 0.5) is 19.7 Å². The summed E-state index contributed by atoms with van der Waals surface area (Å²) in [6.45, 7) is 2.94. The number of anilines is 1. The summed E-state index contributed by atoms with van der Waals surface area (Å²) in [5.41, 5.74) is 1.14. The second-order valence-electron chi connectivity index (χ2n) is 7.64. The minimum atomic E-state index is -0.549. The summed E-state index contributed by atoms with van der Waals surface area (Å²) >= 11 is 3.63. The zero-order valence-electron chi connectivity index (χ0n) is 16.4. The van der Waals surface area contributed by atoms with Crippen LogP contribution in [0.5, 0.6) is 0 Å². The number of hydrogen-bond donors (Lipinski definition) is 2. The molecule has 2 aliphatic heterocycles. The molecule has 1 atom stereocenters. The molecule has 30 heavy (non-hydrogen) atoms. The molecule has 4 rings (SSSR count). The third-order valence-electron chi connectivity index (χ3n) is 5.64. The molecule has 2 aromatic rings. The minimum Gasteiger partial charge on any atom is -0.468 e. The van der Waals surface area contributed by atoms with Gasteiger partial charge in [0.05, 0.1) is 31.6 Å². The Morgan fingerprint density at radius 2 is 2.07 bits per heavy atom. The number of likely N-dealkylation sites (tertiary alicyclic amines) is 1. The van der Waals surface area contributed by atoms with E-state index in [1.165, 1.54) is 11.0 Å². The van der Waals surface area contributed by atoms with Crippen molar-refractivity contribution in [1.29, 1.82) is 0 Å². The number of rotatable bonds is 6. The monoisotopic (exact) mass is 433 g/mol. The van der Waals surface area contributed by atoms with Crippen LogP contribution < -0.4 is 10.2 Å². The van der Waals surface area contributed by atoms with Gasteiger partial charge in [0.1, 0.15) is 17.7 Å². The van der Waals surface area contributed by atoms with E-state index in [1.54, 1.807) is 18.4 Å². The van der Waals surface area contributed by atoms with Crippen molar-refractivity contribution < 1.29 is 23.1 Å². The lowest BCUT2D eigenvalue weighted by molar-refractivity contribution is 0.141. The zero-order valence-corrected chi connectivity index (χ0v) is 17.3. The van der Waals surface area contributed by atoms with Crippen molar-refractivity contribution in [1.82, 2.24) is 10.2 Å². The molecule has 160 valence electrons. The normalized spacial score (nSPS) is 20.4. The van der Waals surface area contributed by atoms with Crippen LogP contribution in [0.15, 0.2) is 41.0 Å². The molecule has 0 saturated carbocycles. The van der Waals surface area contributed by atoms with Gasteiger partial charge < -0.3 is 14.5 Å². The lowest BCUT2D eigenvalue weighted by Crippen LogP contribution is -2.33. The van der Waals surface area contributed by atoms with Gasteiger partial charge in [0.2, 0.25) is 0 Å². The number of nitrogens with zero attached hydrogens (tertiary/aromatic N) is 2. The van der Waals surface area contributed by atoms with E-state index in [0.717, 1.165) is 38.2 Å². The number of carbonyl (C=O) groups excluding carboxylic acids is 2. The Balaban J connectivity index is 1.35. The number of piperidine rings is 1. The van der Waals surface area contributed by atoms with Gasteiger partial charge in [0.25, 0.3) is 5.24 Å². The fourth-order valence-corrected chi connectivity index (χ4v) is 4.17. The van der Waals surface area contributed by atoms with E-state index in [0.29, 0.717) is 11.3 Å². The number of hydrogen-bond acceptors (Lipinski definition) is 5. The van der Waals surface area contributed by atoms with Gasteiger partial charge in [-0.3, -0.25) is 14.6 Å². The van der Waals surface area contributed by atoms with Crippen molar-refractivity contribution in [3.05, 3.63) is 53.7 Å². The topological polar surface area (TPSA) is 75.0 Å². The van der Waals surface area contributed by atoms with Crippen LogP contribution in [0.3, 0.4) is 0 Å². The molecule has 7 nitrogen and oxygen atoms in total. The molecule has 1 aromatic heterocycles. The third-order valence-corrected chi connectivity index (χ3v) is 5.80.